The van der Waals surface area contributed by atoms with Gasteiger partial charge in [-0.05, 0) is 84.9 Å². The van der Waals surface area contributed by atoms with Gasteiger partial charge < -0.3 is 45.0 Å². The molecule has 0 aliphatic rings. The number of nitrogens with two attached hydrogens (primary N) is 2. The van der Waals surface area contributed by atoms with Crippen molar-refractivity contribution in [1.29, 1.82) is 10.5 Å². The van der Waals surface area contributed by atoms with Crippen LogP contribution in [0.5, 0.6) is 0 Å². The predicted molar refractivity (Wildman–Crippen MR) is 272 cm³/mol. The van der Waals surface area contributed by atoms with E-state index in [9.17, 15) is 17.6 Å². The fourth-order valence-electron chi connectivity index (χ4n) is 5.62. The highest BCUT2D eigenvalue weighted by Gasteiger charge is 2.11. The van der Waals surface area contributed by atoms with E-state index in [0.717, 1.165) is 24.8 Å². The highest BCUT2D eigenvalue weighted by atomic mass is 79.9. The van der Waals surface area contributed by atoms with E-state index in [2.05, 4.69) is 86.5 Å². The van der Waals surface area contributed by atoms with E-state index in [4.69, 9.17) is 44.9 Å². The number of aromatic nitrogens is 11. The van der Waals surface area contributed by atoms with Crippen LogP contribution in [0.25, 0.3) is 45.8 Å². The second-order valence-corrected chi connectivity index (χ2v) is 15.3. The van der Waals surface area contributed by atoms with Gasteiger partial charge >= 0.3 is 0 Å². The largest absolute Gasteiger partial charge is 0.442 e. The quantitative estimate of drug-likeness (QED) is 0.0295. The Bertz CT molecular complexity index is 3730. The van der Waals surface area contributed by atoms with Crippen LogP contribution in [0.15, 0.2) is 187 Å². The molecule has 0 aliphatic carbocycles. The van der Waals surface area contributed by atoms with Crippen LogP contribution in [0.2, 0.25) is 0 Å². The minimum atomic E-state index is -0.427. The number of halogens is 5. The summed E-state index contributed by atoms with van der Waals surface area (Å²) in [5.41, 5.74) is 15.7. The Hall–Kier alpha value is -11.3. The highest BCUT2D eigenvalue weighted by Crippen LogP contribution is 2.25. The van der Waals surface area contributed by atoms with Crippen molar-refractivity contribution in [3.8, 4) is 58.0 Å². The summed E-state index contributed by atoms with van der Waals surface area (Å²) in [5.74, 6) is 0.191. The molecule has 23 nitrogen and oxygen atoms in total. The molecule has 0 fully saturated rings. The van der Waals surface area contributed by atoms with E-state index < -0.39 is 11.6 Å². The van der Waals surface area contributed by atoms with Crippen LogP contribution >= 0.6 is 15.9 Å². The van der Waals surface area contributed by atoms with Gasteiger partial charge in [-0.15, -0.1) is 0 Å². The lowest BCUT2D eigenvalue weighted by Gasteiger charge is -2.02. The molecule has 11 aromatic rings. The van der Waals surface area contributed by atoms with Crippen molar-refractivity contribution in [3.63, 3.8) is 0 Å². The summed E-state index contributed by atoms with van der Waals surface area (Å²) in [5, 5.41) is 34.2. The Kier molecular flexibility index (Phi) is 19.0. The average Bonchev–Trinajstić information content (AvgIpc) is 4.35. The zero-order chi connectivity index (χ0) is 55.2. The van der Waals surface area contributed by atoms with Gasteiger partial charge in [-0.2, -0.15) is 10.5 Å². The molecule has 0 bridgehead atoms. The molecule has 0 saturated carbocycles. The number of nitrogen functional groups attached to an aromatic ring is 1. The molecule has 11 rings (SSSR count). The fourth-order valence-corrected chi connectivity index (χ4v) is 5.90. The maximum Gasteiger partial charge on any atom is 0.299 e. The number of hydrogen-bond donors (Lipinski definition) is 5. The highest BCUT2D eigenvalue weighted by molar-refractivity contribution is 9.10. The van der Waals surface area contributed by atoms with Crippen LogP contribution in [0, 0.1) is 45.9 Å². The monoisotopic (exact) mass is 1120 g/mol. The molecule has 11 aromatic heterocycles. The van der Waals surface area contributed by atoms with Crippen molar-refractivity contribution in [2.45, 2.75) is 0 Å². The van der Waals surface area contributed by atoms with Gasteiger partial charge in [-0.1, -0.05) is 5.16 Å². The Morgan fingerprint density at radius 1 is 0.500 bits per heavy atom. The summed E-state index contributed by atoms with van der Waals surface area (Å²) in [6.45, 7) is 0. The van der Waals surface area contributed by atoms with Gasteiger partial charge in [0.05, 0.1) is 85.2 Å². The van der Waals surface area contributed by atoms with E-state index in [1.54, 1.807) is 36.4 Å². The first-order valence-electron chi connectivity index (χ1n) is 21.7. The summed E-state index contributed by atoms with van der Waals surface area (Å²) in [6.07, 6.45) is 16.2. The summed E-state index contributed by atoms with van der Waals surface area (Å²) < 4.78 is 71.6. The summed E-state index contributed by atoms with van der Waals surface area (Å²) >= 11 is 3.06. The van der Waals surface area contributed by atoms with Crippen LogP contribution < -0.4 is 22.1 Å². The molecule has 0 radical (unpaired) electrons. The van der Waals surface area contributed by atoms with E-state index >= 15 is 0 Å². The molecular weight excluding hydrogens is 1090 g/mol. The van der Waals surface area contributed by atoms with Crippen LogP contribution in [-0.4, -0.2) is 65.9 Å². The zero-order valence-corrected chi connectivity index (χ0v) is 41.0. The standard InChI is InChI=1S/C14H11FN6O2.C14H8FN5O.C8H4BrFN2O.C8H5FN2O.C6H5N3/c15-8-1-3-10(17-5-8)12-7-19-14(23-12)20-9-2-4-11(18-6-9)13(16)21-22;15-9-1-4-12(18-6-9)13-8-19-14(21-13)20-11-3-2-10(5-16)17-7-11;9-8-12-4-7(13-8)6-2-1-5(10)3-11-6;9-6-1-2-7(11-3-6)8-4-10-5-12-8;7-3-6-2-1-5(8)4-9-6/h1-7,22H,(H2,16,21)(H,19,20);1-4,6-8H,(H,19,20);1-4H;1-5H;1-2,4H,8H2. The van der Waals surface area contributed by atoms with Gasteiger partial charge in [0.15, 0.2) is 35.3 Å². The molecule has 0 spiro atoms. The Balaban J connectivity index is 0.000000147. The van der Waals surface area contributed by atoms with Gasteiger partial charge in [0.1, 0.15) is 75.3 Å². The van der Waals surface area contributed by atoms with Crippen molar-refractivity contribution in [1.82, 2.24) is 54.8 Å². The summed E-state index contributed by atoms with van der Waals surface area (Å²) in [7, 11) is 0. The molecule has 28 heteroatoms. The van der Waals surface area contributed by atoms with E-state index in [0.29, 0.717) is 84.8 Å². The molecule has 0 aromatic carbocycles. The molecule has 0 atom stereocenters. The lowest BCUT2D eigenvalue weighted by atomic mass is 10.3. The normalized spacial score (nSPS) is 10.3. The van der Waals surface area contributed by atoms with Gasteiger partial charge in [0.2, 0.25) is 0 Å². The Morgan fingerprint density at radius 3 is 1.31 bits per heavy atom. The third kappa shape index (κ3) is 16.4. The predicted octanol–water partition coefficient (Wildman–Crippen LogP) is 10.0. The third-order valence-electron chi connectivity index (χ3n) is 9.26. The van der Waals surface area contributed by atoms with Crippen LogP contribution in [-0.2, 0) is 0 Å². The van der Waals surface area contributed by atoms with Crippen LogP contribution in [0.1, 0.15) is 17.1 Å². The Labute approximate surface area is 444 Å². The molecule has 388 valence electrons. The molecule has 0 unspecified atom stereocenters. The number of amidine groups is 1. The summed E-state index contributed by atoms with van der Waals surface area (Å²) in [4.78, 5) is 43.2. The second kappa shape index (κ2) is 27.2. The number of oxazole rings is 4. The van der Waals surface area contributed by atoms with E-state index in [-0.39, 0.29) is 29.5 Å². The number of hydrogen-bond acceptors (Lipinski definition) is 22. The van der Waals surface area contributed by atoms with Crippen LogP contribution in [0.4, 0.5) is 46.7 Å². The third-order valence-corrected chi connectivity index (χ3v) is 9.62. The number of oxime groups is 1. The average molecular weight is 1120 g/mol. The molecule has 0 amide bonds. The lowest BCUT2D eigenvalue weighted by Crippen LogP contribution is -2.14. The lowest BCUT2D eigenvalue weighted by molar-refractivity contribution is 0.318. The van der Waals surface area contributed by atoms with Gasteiger partial charge in [-0.3, -0.25) is 4.98 Å². The number of pyridine rings is 7. The molecule has 0 aliphatic heterocycles. The van der Waals surface area contributed by atoms with Crippen molar-refractivity contribution < 1.29 is 40.4 Å². The topological polar surface area (TPSA) is 351 Å². The van der Waals surface area contributed by atoms with Crippen molar-refractivity contribution >= 4 is 50.9 Å². The first kappa shape index (κ1) is 54.5. The molecule has 11 heterocycles. The maximum atomic E-state index is 12.8. The fraction of sp³-hybridized carbons (Fsp3) is 0. The minimum Gasteiger partial charge on any atom is -0.442 e. The molecule has 0 saturated heterocycles. The number of nitrogens with one attached hydrogen (secondary N) is 2. The first-order chi connectivity index (χ1) is 37.8. The first-order valence-corrected chi connectivity index (χ1v) is 22.5. The molecule has 7 N–H and O–H groups in total. The maximum absolute atomic E-state index is 12.8. The number of rotatable bonds is 9. The second-order valence-electron chi connectivity index (χ2n) is 14.6. The SMILES string of the molecule is Fc1ccc(-c2cnc(Br)o2)nc1.Fc1ccc(-c2cnco2)nc1.N#Cc1ccc(N)cn1.N#Cc1ccc(Nc2ncc(-c3ccc(F)cn3)o2)cn1.N/C(=N\O)c1ccc(Nc2ncc(-c3ccc(F)cn3)o2)cn1. The van der Waals surface area contributed by atoms with Gasteiger partial charge in [0.25, 0.3) is 16.8 Å². The number of anilines is 5. The minimum absolute atomic E-state index is 0.0858. The van der Waals surface area contributed by atoms with E-state index in [1.165, 1.54) is 98.3 Å². The number of nitriles is 2. The molecule has 78 heavy (non-hydrogen) atoms. The van der Waals surface area contributed by atoms with Crippen molar-refractivity contribution in [2.24, 2.45) is 10.9 Å². The smallest absolute Gasteiger partial charge is 0.299 e. The zero-order valence-electron chi connectivity index (χ0n) is 39.4. The van der Waals surface area contributed by atoms with Crippen molar-refractivity contribution in [3.05, 3.63) is 205 Å². The van der Waals surface area contributed by atoms with E-state index in [1.807, 2.05) is 12.1 Å². The van der Waals surface area contributed by atoms with Gasteiger partial charge in [-0.25, -0.2) is 67.4 Å². The van der Waals surface area contributed by atoms with Crippen molar-refractivity contribution in [2.75, 3.05) is 16.4 Å². The Morgan fingerprint density at radius 2 is 0.949 bits per heavy atom. The summed E-state index contributed by atoms with van der Waals surface area (Å²) in [6, 6.07) is 25.3. The molecular formula is C50H33BrF4N18O5. The van der Waals surface area contributed by atoms with Crippen LogP contribution in [0.3, 0.4) is 0 Å². The number of nitrogens with zero attached hydrogens (tertiary/aromatic N) is 14. The van der Waals surface area contributed by atoms with Gasteiger partial charge in [0, 0.05) is 15.9 Å².